The Morgan fingerprint density at radius 2 is 1.82 bits per heavy atom. The zero-order valence-corrected chi connectivity index (χ0v) is 16.7. The molecule has 0 bridgehead atoms. The summed E-state index contributed by atoms with van der Waals surface area (Å²) < 4.78 is 0. The van der Waals surface area contributed by atoms with E-state index in [0.717, 1.165) is 41.1 Å². The van der Waals surface area contributed by atoms with Gasteiger partial charge in [0.05, 0.1) is 6.54 Å². The lowest BCUT2D eigenvalue weighted by molar-refractivity contribution is -0.134. The van der Waals surface area contributed by atoms with Crippen LogP contribution in [0, 0.1) is 0 Å². The van der Waals surface area contributed by atoms with Crippen LogP contribution in [0.2, 0.25) is 0 Å². The third-order valence-electron chi connectivity index (χ3n) is 6.51. The van der Waals surface area contributed by atoms with Crippen molar-refractivity contribution in [1.29, 1.82) is 0 Å². The van der Waals surface area contributed by atoms with Gasteiger partial charge in [-0.25, -0.2) is 4.79 Å². The van der Waals surface area contributed by atoms with Crippen molar-refractivity contribution in [1.82, 2.24) is 10.2 Å². The first-order valence-electron chi connectivity index (χ1n) is 9.99. The average Bonchev–Trinajstić information content (AvgIpc) is 3.00. The van der Waals surface area contributed by atoms with Crippen LogP contribution >= 0.6 is 0 Å². The van der Waals surface area contributed by atoms with E-state index >= 15 is 0 Å². The highest BCUT2D eigenvalue weighted by molar-refractivity contribution is 6.10. The number of ketones is 1. The van der Waals surface area contributed by atoms with Gasteiger partial charge >= 0.3 is 6.03 Å². The highest BCUT2D eigenvalue weighted by Gasteiger charge is 2.51. The number of amides is 3. The predicted molar refractivity (Wildman–Crippen MR) is 107 cm³/mol. The van der Waals surface area contributed by atoms with Gasteiger partial charge in [-0.3, -0.25) is 14.5 Å². The van der Waals surface area contributed by atoms with E-state index in [4.69, 9.17) is 0 Å². The Morgan fingerprint density at radius 1 is 1.14 bits per heavy atom. The van der Waals surface area contributed by atoms with Crippen LogP contribution in [0.3, 0.4) is 0 Å². The fraction of sp³-hybridized carbons (Fsp3) is 0.500. The Bertz CT molecular complexity index is 881. The second-order valence-electron chi connectivity index (χ2n) is 8.66. The lowest BCUT2D eigenvalue weighted by atomic mass is 9.81. The maximum atomic E-state index is 12.9. The van der Waals surface area contributed by atoms with E-state index < -0.39 is 11.6 Å². The number of imide groups is 1. The molecule has 1 N–H and O–H groups in total. The van der Waals surface area contributed by atoms with E-state index in [1.54, 1.807) is 6.08 Å². The van der Waals surface area contributed by atoms with Gasteiger partial charge in [0.15, 0.2) is 5.78 Å². The largest absolute Gasteiger partial charge is 0.347 e. The summed E-state index contributed by atoms with van der Waals surface area (Å²) in [7, 11) is 1.94. The third kappa shape index (κ3) is 2.74. The summed E-state index contributed by atoms with van der Waals surface area (Å²) in [5, 5.41) is 2.86. The van der Waals surface area contributed by atoms with E-state index in [-0.39, 0.29) is 23.7 Å². The van der Waals surface area contributed by atoms with E-state index in [1.165, 1.54) is 0 Å². The van der Waals surface area contributed by atoms with Crippen LogP contribution in [0.5, 0.6) is 0 Å². The van der Waals surface area contributed by atoms with Gasteiger partial charge in [0.25, 0.3) is 5.91 Å². The molecule has 28 heavy (non-hydrogen) atoms. The molecule has 4 rings (SSSR count). The van der Waals surface area contributed by atoms with Gasteiger partial charge in [0, 0.05) is 29.9 Å². The second kappa shape index (κ2) is 6.47. The highest BCUT2D eigenvalue weighted by Crippen LogP contribution is 2.46. The molecule has 1 aromatic carbocycles. The number of nitrogens with zero attached hydrogens (tertiary/aromatic N) is 2. The number of anilines is 1. The number of benzene rings is 1. The van der Waals surface area contributed by atoms with Gasteiger partial charge in [-0.1, -0.05) is 51.3 Å². The van der Waals surface area contributed by atoms with Crippen LogP contribution in [0.1, 0.15) is 51.5 Å². The van der Waals surface area contributed by atoms with Crippen molar-refractivity contribution in [2.45, 2.75) is 56.9 Å². The maximum absolute atomic E-state index is 12.9. The minimum absolute atomic E-state index is 0.212. The van der Waals surface area contributed by atoms with E-state index in [1.807, 2.05) is 30.1 Å². The van der Waals surface area contributed by atoms with Crippen LogP contribution in [0.15, 0.2) is 36.0 Å². The van der Waals surface area contributed by atoms with Gasteiger partial charge in [-0.2, -0.15) is 0 Å². The van der Waals surface area contributed by atoms with Crippen LogP contribution in [0.4, 0.5) is 10.5 Å². The number of hydrogen-bond donors (Lipinski definition) is 1. The Balaban J connectivity index is 1.55. The lowest BCUT2D eigenvalue weighted by Gasteiger charge is -2.30. The first-order chi connectivity index (χ1) is 13.3. The van der Waals surface area contributed by atoms with Gasteiger partial charge in [-0.05, 0) is 24.5 Å². The lowest BCUT2D eigenvalue weighted by Crippen LogP contribution is -2.48. The van der Waals surface area contributed by atoms with Gasteiger partial charge in [-0.15, -0.1) is 0 Å². The molecule has 2 fully saturated rings. The number of allylic oxidation sites excluding steroid dienone is 1. The van der Waals surface area contributed by atoms with Crippen LogP contribution in [0.25, 0.3) is 0 Å². The van der Waals surface area contributed by atoms with Crippen LogP contribution in [-0.4, -0.2) is 41.8 Å². The number of carbonyl (C=O) groups is 3. The molecule has 2 heterocycles. The van der Waals surface area contributed by atoms with Crippen molar-refractivity contribution >= 4 is 23.4 Å². The summed E-state index contributed by atoms with van der Waals surface area (Å²) >= 11 is 0. The van der Waals surface area contributed by atoms with Crippen LogP contribution < -0.4 is 10.2 Å². The van der Waals surface area contributed by atoms with Crippen LogP contribution in [-0.2, 0) is 15.0 Å². The Kier molecular flexibility index (Phi) is 4.32. The van der Waals surface area contributed by atoms with Crippen molar-refractivity contribution in [2.75, 3.05) is 18.5 Å². The first-order valence-corrected chi connectivity index (χ1v) is 9.99. The molecule has 6 nitrogen and oxygen atoms in total. The van der Waals surface area contributed by atoms with E-state index in [9.17, 15) is 14.4 Å². The molecule has 0 radical (unpaired) electrons. The molecule has 148 valence electrons. The second-order valence-corrected chi connectivity index (χ2v) is 8.66. The molecule has 1 aliphatic carbocycles. The molecular formula is C22H27N3O3. The molecule has 0 unspecified atom stereocenters. The van der Waals surface area contributed by atoms with Gasteiger partial charge in [0.1, 0.15) is 5.54 Å². The Hall–Kier alpha value is -2.63. The summed E-state index contributed by atoms with van der Waals surface area (Å²) in [5.74, 6) is -0.481. The Labute approximate surface area is 165 Å². The molecule has 2 aliphatic heterocycles. The van der Waals surface area contributed by atoms with E-state index in [2.05, 4.69) is 25.2 Å². The maximum Gasteiger partial charge on any atom is 0.325 e. The SMILES string of the molecule is CN1C(=CC(=O)CN2C(=O)NC3(CCCCC3)C2=O)C(C)(C)c2ccccc21. The molecule has 1 spiro atoms. The smallest absolute Gasteiger partial charge is 0.325 e. The van der Waals surface area contributed by atoms with Crippen molar-refractivity contribution in [3.63, 3.8) is 0 Å². The predicted octanol–water partition coefficient (Wildman–Crippen LogP) is 3.12. The quantitative estimate of drug-likeness (QED) is 0.645. The van der Waals surface area contributed by atoms with Crippen molar-refractivity contribution < 1.29 is 14.4 Å². The van der Waals surface area contributed by atoms with Crippen molar-refractivity contribution in [3.05, 3.63) is 41.6 Å². The summed E-state index contributed by atoms with van der Waals surface area (Å²) in [6.45, 7) is 3.95. The number of fused-ring (bicyclic) bond motifs is 1. The molecule has 0 aromatic heterocycles. The number of urea groups is 1. The zero-order chi connectivity index (χ0) is 20.1. The molecule has 3 aliphatic rings. The average molecular weight is 381 g/mol. The number of likely N-dealkylation sites (N-methyl/N-ethyl adjacent to an activating group) is 1. The standard InChI is InChI=1S/C22H27N3O3/c1-21(2)16-9-5-6-10-17(16)24(3)18(21)13-15(26)14-25-19(27)22(23-20(25)28)11-7-4-8-12-22/h5-6,9-10,13H,4,7-8,11-12,14H2,1-3H3,(H,23,28). The summed E-state index contributed by atoms with van der Waals surface area (Å²) in [5.41, 5.74) is 2.00. The monoisotopic (exact) mass is 381 g/mol. The molecule has 6 heteroatoms. The Morgan fingerprint density at radius 3 is 2.50 bits per heavy atom. The molecule has 3 amide bonds. The van der Waals surface area contributed by atoms with Crippen molar-refractivity contribution in [2.24, 2.45) is 0 Å². The zero-order valence-electron chi connectivity index (χ0n) is 16.7. The normalized spacial score (nSPS) is 24.0. The molecular weight excluding hydrogens is 354 g/mol. The van der Waals surface area contributed by atoms with Crippen molar-refractivity contribution in [3.8, 4) is 0 Å². The minimum Gasteiger partial charge on any atom is -0.347 e. The third-order valence-corrected chi connectivity index (χ3v) is 6.51. The number of hydrogen-bond acceptors (Lipinski definition) is 4. The molecule has 1 aromatic rings. The van der Waals surface area contributed by atoms with Gasteiger partial charge in [0.2, 0.25) is 0 Å². The summed E-state index contributed by atoms with van der Waals surface area (Å²) in [6.07, 6.45) is 5.84. The molecule has 1 saturated carbocycles. The minimum atomic E-state index is -0.789. The number of nitrogens with one attached hydrogen (secondary N) is 1. The fourth-order valence-electron chi connectivity index (χ4n) is 4.93. The number of carbonyl (C=O) groups excluding carboxylic acids is 3. The highest BCUT2D eigenvalue weighted by atomic mass is 16.2. The fourth-order valence-corrected chi connectivity index (χ4v) is 4.93. The molecule has 0 atom stereocenters. The topological polar surface area (TPSA) is 69.7 Å². The summed E-state index contributed by atoms with van der Waals surface area (Å²) in [6, 6.07) is 7.64. The molecule has 1 saturated heterocycles. The first kappa shape index (κ1) is 18.7. The number of para-hydroxylation sites is 1. The summed E-state index contributed by atoms with van der Waals surface area (Å²) in [4.78, 5) is 41.2. The van der Waals surface area contributed by atoms with Gasteiger partial charge < -0.3 is 10.2 Å². The van der Waals surface area contributed by atoms with E-state index in [0.29, 0.717) is 12.8 Å². The number of rotatable bonds is 3.